The van der Waals surface area contributed by atoms with Crippen molar-refractivity contribution in [1.82, 2.24) is 15.6 Å². The summed E-state index contributed by atoms with van der Waals surface area (Å²) in [4.78, 5) is 16.0. The Morgan fingerprint density at radius 1 is 1.48 bits per heavy atom. The molecule has 21 heavy (non-hydrogen) atoms. The molecular formula is C15H23N3O3. The van der Waals surface area contributed by atoms with Crippen LogP contribution < -0.4 is 15.4 Å². The first-order chi connectivity index (χ1) is 10.3. The zero-order chi connectivity index (χ0) is 14.9. The van der Waals surface area contributed by atoms with Gasteiger partial charge in [0.15, 0.2) is 0 Å². The van der Waals surface area contributed by atoms with Gasteiger partial charge in [0.2, 0.25) is 5.88 Å². The highest BCUT2D eigenvalue weighted by atomic mass is 16.5. The molecular weight excluding hydrogens is 270 g/mol. The second kappa shape index (κ2) is 8.59. The molecule has 1 aromatic rings. The first-order valence-corrected chi connectivity index (χ1v) is 7.41. The van der Waals surface area contributed by atoms with Gasteiger partial charge in [-0.3, -0.25) is 4.79 Å². The SMILES string of the molecule is COc1ncccc1C(=O)NCCCOC1CCNCC1. The van der Waals surface area contributed by atoms with Crippen LogP contribution in [-0.4, -0.2) is 50.3 Å². The summed E-state index contributed by atoms with van der Waals surface area (Å²) in [6.07, 6.45) is 4.90. The maximum absolute atomic E-state index is 12.0. The maximum atomic E-state index is 12.0. The number of pyridine rings is 1. The fourth-order valence-corrected chi connectivity index (χ4v) is 2.31. The van der Waals surface area contributed by atoms with Gasteiger partial charge in [-0.25, -0.2) is 4.98 Å². The van der Waals surface area contributed by atoms with E-state index in [2.05, 4.69) is 15.6 Å². The van der Waals surface area contributed by atoms with E-state index >= 15 is 0 Å². The van der Waals surface area contributed by atoms with E-state index in [1.807, 2.05) is 0 Å². The number of carbonyl (C=O) groups excluding carboxylic acids is 1. The molecule has 2 heterocycles. The van der Waals surface area contributed by atoms with Gasteiger partial charge in [0.1, 0.15) is 5.56 Å². The first-order valence-electron chi connectivity index (χ1n) is 7.41. The molecule has 2 N–H and O–H groups in total. The molecule has 0 saturated carbocycles. The molecule has 0 atom stereocenters. The van der Waals surface area contributed by atoms with Gasteiger partial charge < -0.3 is 20.1 Å². The minimum atomic E-state index is -0.165. The van der Waals surface area contributed by atoms with Gasteiger partial charge in [-0.2, -0.15) is 0 Å². The number of carbonyl (C=O) groups is 1. The summed E-state index contributed by atoms with van der Waals surface area (Å²) >= 11 is 0. The van der Waals surface area contributed by atoms with E-state index < -0.39 is 0 Å². The molecule has 1 aliphatic heterocycles. The monoisotopic (exact) mass is 293 g/mol. The molecule has 0 unspecified atom stereocenters. The number of rotatable bonds is 7. The smallest absolute Gasteiger partial charge is 0.256 e. The minimum absolute atomic E-state index is 0.165. The van der Waals surface area contributed by atoms with Gasteiger partial charge in [-0.05, 0) is 44.5 Å². The Balaban J connectivity index is 1.65. The Morgan fingerprint density at radius 2 is 2.29 bits per heavy atom. The van der Waals surface area contributed by atoms with Gasteiger partial charge in [-0.1, -0.05) is 0 Å². The van der Waals surface area contributed by atoms with Crippen LogP contribution >= 0.6 is 0 Å². The average Bonchev–Trinajstić information content (AvgIpc) is 2.55. The van der Waals surface area contributed by atoms with Crippen LogP contribution in [0.25, 0.3) is 0 Å². The van der Waals surface area contributed by atoms with Crippen LogP contribution in [0.1, 0.15) is 29.6 Å². The number of ether oxygens (including phenoxy) is 2. The van der Waals surface area contributed by atoms with E-state index in [4.69, 9.17) is 9.47 Å². The minimum Gasteiger partial charge on any atom is -0.480 e. The largest absolute Gasteiger partial charge is 0.480 e. The molecule has 1 amide bonds. The Morgan fingerprint density at radius 3 is 3.05 bits per heavy atom. The maximum Gasteiger partial charge on any atom is 0.256 e. The molecule has 1 aliphatic rings. The van der Waals surface area contributed by atoms with Gasteiger partial charge in [0.05, 0.1) is 13.2 Å². The third kappa shape index (κ3) is 4.99. The Kier molecular flexibility index (Phi) is 6.43. The lowest BCUT2D eigenvalue weighted by molar-refractivity contribution is 0.0317. The first kappa shape index (κ1) is 15.7. The molecule has 0 spiro atoms. The Labute approximate surface area is 125 Å². The quantitative estimate of drug-likeness (QED) is 0.733. The van der Waals surface area contributed by atoms with Crippen LogP contribution in [0, 0.1) is 0 Å². The number of hydrogen-bond donors (Lipinski definition) is 2. The summed E-state index contributed by atoms with van der Waals surface area (Å²) in [5, 5.41) is 6.17. The molecule has 2 rings (SSSR count). The predicted octanol–water partition coefficient (Wildman–Crippen LogP) is 0.979. The highest BCUT2D eigenvalue weighted by Gasteiger charge is 2.14. The van der Waals surface area contributed by atoms with E-state index in [-0.39, 0.29) is 5.91 Å². The zero-order valence-electron chi connectivity index (χ0n) is 12.4. The number of aromatic nitrogens is 1. The van der Waals surface area contributed by atoms with Gasteiger partial charge >= 0.3 is 0 Å². The molecule has 6 nitrogen and oxygen atoms in total. The van der Waals surface area contributed by atoms with Crippen LogP contribution in [0.15, 0.2) is 18.3 Å². The predicted molar refractivity (Wildman–Crippen MR) is 79.6 cm³/mol. The van der Waals surface area contributed by atoms with Crippen molar-refractivity contribution < 1.29 is 14.3 Å². The second-order valence-electron chi connectivity index (χ2n) is 4.99. The van der Waals surface area contributed by atoms with Crippen molar-refractivity contribution in [2.24, 2.45) is 0 Å². The third-order valence-corrected chi connectivity index (χ3v) is 3.46. The number of hydrogen-bond acceptors (Lipinski definition) is 5. The van der Waals surface area contributed by atoms with Crippen molar-refractivity contribution >= 4 is 5.91 Å². The normalized spacial score (nSPS) is 15.7. The van der Waals surface area contributed by atoms with Crippen LogP contribution in [0.5, 0.6) is 5.88 Å². The lowest BCUT2D eigenvalue weighted by Gasteiger charge is -2.22. The van der Waals surface area contributed by atoms with Crippen molar-refractivity contribution in [3.05, 3.63) is 23.9 Å². The number of piperidine rings is 1. The molecule has 1 saturated heterocycles. The molecule has 1 aromatic heterocycles. The van der Waals surface area contributed by atoms with Crippen LogP contribution in [-0.2, 0) is 4.74 Å². The summed E-state index contributed by atoms with van der Waals surface area (Å²) in [7, 11) is 1.51. The Hall–Kier alpha value is -1.66. The zero-order valence-corrected chi connectivity index (χ0v) is 12.4. The number of nitrogens with one attached hydrogen (secondary N) is 2. The van der Waals surface area contributed by atoms with Crippen LogP contribution in [0.3, 0.4) is 0 Å². The van der Waals surface area contributed by atoms with Crippen molar-refractivity contribution in [3.8, 4) is 5.88 Å². The number of amides is 1. The van der Waals surface area contributed by atoms with Gasteiger partial charge in [-0.15, -0.1) is 0 Å². The molecule has 0 bridgehead atoms. The van der Waals surface area contributed by atoms with E-state index in [9.17, 15) is 4.79 Å². The highest BCUT2D eigenvalue weighted by molar-refractivity contribution is 5.96. The summed E-state index contributed by atoms with van der Waals surface area (Å²) in [6.45, 7) is 3.32. The van der Waals surface area contributed by atoms with Gasteiger partial charge in [0, 0.05) is 19.3 Å². The molecule has 0 radical (unpaired) electrons. The van der Waals surface area contributed by atoms with E-state index in [1.54, 1.807) is 18.3 Å². The molecule has 116 valence electrons. The lowest BCUT2D eigenvalue weighted by Crippen LogP contribution is -2.33. The third-order valence-electron chi connectivity index (χ3n) is 3.46. The summed E-state index contributed by atoms with van der Waals surface area (Å²) in [6, 6.07) is 3.42. The van der Waals surface area contributed by atoms with E-state index in [1.165, 1.54) is 7.11 Å². The number of methoxy groups -OCH3 is 1. The van der Waals surface area contributed by atoms with Crippen molar-refractivity contribution in [3.63, 3.8) is 0 Å². The summed E-state index contributed by atoms with van der Waals surface area (Å²) in [5.41, 5.74) is 0.458. The van der Waals surface area contributed by atoms with E-state index in [0.717, 1.165) is 32.4 Å². The van der Waals surface area contributed by atoms with E-state index in [0.29, 0.717) is 30.7 Å². The van der Waals surface area contributed by atoms with Crippen LogP contribution in [0.4, 0.5) is 0 Å². The average molecular weight is 293 g/mol. The topological polar surface area (TPSA) is 72.5 Å². The van der Waals surface area contributed by atoms with Crippen molar-refractivity contribution in [1.29, 1.82) is 0 Å². The Bertz CT molecular complexity index is 448. The molecule has 1 fully saturated rings. The summed E-state index contributed by atoms with van der Waals surface area (Å²) < 4.78 is 10.9. The molecule has 6 heteroatoms. The molecule has 0 aromatic carbocycles. The lowest BCUT2D eigenvalue weighted by atomic mass is 10.1. The standard InChI is InChI=1S/C15H23N3O3/c1-20-15-13(4-2-7-18-15)14(19)17-8-3-11-21-12-5-9-16-10-6-12/h2,4,7,12,16H,3,5-6,8-11H2,1H3,(H,17,19). The number of nitrogens with zero attached hydrogens (tertiary/aromatic N) is 1. The highest BCUT2D eigenvalue weighted by Crippen LogP contribution is 2.13. The summed E-state index contributed by atoms with van der Waals surface area (Å²) in [5.74, 6) is 0.183. The fourth-order valence-electron chi connectivity index (χ4n) is 2.31. The molecule has 0 aliphatic carbocycles. The van der Waals surface area contributed by atoms with Gasteiger partial charge in [0.25, 0.3) is 5.91 Å². The second-order valence-corrected chi connectivity index (χ2v) is 4.99. The van der Waals surface area contributed by atoms with Crippen molar-refractivity contribution in [2.75, 3.05) is 33.4 Å². The fraction of sp³-hybridized carbons (Fsp3) is 0.600. The van der Waals surface area contributed by atoms with Crippen LogP contribution in [0.2, 0.25) is 0 Å². The van der Waals surface area contributed by atoms with Crippen molar-refractivity contribution in [2.45, 2.75) is 25.4 Å².